The normalized spacial score (nSPS) is 9.76. The summed E-state index contributed by atoms with van der Waals surface area (Å²) in [5.41, 5.74) is 3.84. The van der Waals surface area contributed by atoms with Gasteiger partial charge in [-0.1, -0.05) is 30.2 Å². The van der Waals surface area contributed by atoms with Crippen molar-refractivity contribution >= 4 is 30.4 Å². The largest absolute Gasteiger partial charge is 0.376 e. The van der Waals surface area contributed by atoms with Crippen molar-refractivity contribution in [3.63, 3.8) is 0 Å². The van der Waals surface area contributed by atoms with E-state index in [1.54, 1.807) is 18.3 Å². The standard InChI is InChI=1S/C17H16BN3/c1-4-21(15-10-9-14(18)11-13(15)12-19)17-8-6-5-7-16(17)20(2)3/h4-11H,1H2,2-3H3. The van der Waals surface area contributed by atoms with E-state index in [0.29, 0.717) is 11.0 Å². The van der Waals surface area contributed by atoms with E-state index in [0.717, 1.165) is 17.1 Å². The van der Waals surface area contributed by atoms with Gasteiger partial charge in [0, 0.05) is 20.3 Å². The van der Waals surface area contributed by atoms with Crippen LogP contribution in [-0.4, -0.2) is 21.9 Å². The first-order valence-electron chi connectivity index (χ1n) is 6.56. The molecule has 0 aromatic heterocycles. The molecule has 0 N–H and O–H groups in total. The van der Waals surface area contributed by atoms with Crippen molar-refractivity contribution in [1.82, 2.24) is 0 Å². The van der Waals surface area contributed by atoms with E-state index in [4.69, 9.17) is 7.85 Å². The highest BCUT2D eigenvalue weighted by Gasteiger charge is 2.14. The minimum Gasteiger partial charge on any atom is -0.376 e. The highest BCUT2D eigenvalue weighted by Crippen LogP contribution is 2.34. The molecule has 0 aliphatic carbocycles. The first-order valence-corrected chi connectivity index (χ1v) is 6.56. The molecule has 0 aliphatic rings. The molecule has 0 saturated heterocycles. The average Bonchev–Trinajstić information content (AvgIpc) is 2.49. The second-order valence-corrected chi connectivity index (χ2v) is 4.82. The quantitative estimate of drug-likeness (QED) is 0.802. The Balaban J connectivity index is 2.61. The Morgan fingerprint density at radius 2 is 1.76 bits per heavy atom. The smallest absolute Gasteiger partial charge is 0.113 e. The van der Waals surface area contributed by atoms with E-state index in [2.05, 4.69) is 12.6 Å². The maximum Gasteiger partial charge on any atom is 0.113 e. The number of nitriles is 1. The molecule has 0 fully saturated rings. The number of hydrogen-bond donors (Lipinski definition) is 0. The molecule has 102 valence electrons. The second kappa shape index (κ2) is 6.19. The third kappa shape index (κ3) is 2.92. The zero-order valence-electron chi connectivity index (χ0n) is 12.2. The molecule has 0 atom stereocenters. The second-order valence-electron chi connectivity index (χ2n) is 4.82. The molecule has 2 rings (SSSR count). The molecule has 0 bridgehead atoms. The Hall–Kier alpha value is -2.67. The van der Waals surface area contributed by atoms with Gasteiger partial charge in [0.15, 0.2) is 0 Å². The van der Waals surface area contributed by atoms with Crippen LogP contribution < -0.4 is 15.3 Å². The Labute approximate surface area is 127 Å². The van der Waals surface area contributed by atoms with E-state index in [1.165, 1.54) is 0 Å². The van der Waals surface area contributed by atoms with E-state index in [-0.39, 0.29) is 0 Å². The maximum atomic E-state index is 9.34. The third-order valence-electron chi connectivity index (χ3n) is 3.21. The molecule has 3 nitrogen and oxygen atoms in total. The first kappa shape index (κ1) is 14.7. The number of nitrogens with zero attached hydrogens (tertiary/aromatic N) is 3. The summed E-state index contributed by atoms with van der Waals surface area (Å²) < 4.78 is 0. The van der Waals surface area contributed by atoms with Crippen LogP contribution in [0.5, 0.6) is 0 Å². The van der Waals surface area contributed by atoms with Gasteiger partial charge in [0.05, 0.1) is 22.6 Å². The molecule has 21 heavy (non-hydrogen) atoms. The van der Waals surface area contributed by atoms with Crippen LogP contribution in [0, 0.1) is 11.3 Å². The molecule has 2 aromatic rings. The third-order valence-corrected chi connectivity index (χ3v) is 3.21. The van der Waals surface area contributed by atoms with Gasteiger partial charge in [-0.25, -0.2) is 0 Å². The Morgan fingerprint density at radius 1 is 1.10 bits per heavy atom. The van der Waals surface area contributed by atoms with Crippen molar-refractivity contribution < 1.29 is 0 Å². The first-order chi connectivity index (χ1) is 10.1. The lowest BCUT2D eigenvalue weighted by molar-refractivity contribution is 1.12. The van der Waals surface area contributed by atoms with Gasteiger partial charge in [0.25, 0.3) is 0 Å². The van der Waals surface area contributed by atoms with Gasteiger partial charge in [0.1, 0.15) is 13.9 Å². The van der Waals surface area contributed by atoms with Crippen molar-refractivity contribution in [1.29, 1.82) is 5.26 Å². The number of hydrogen-bond acceptors (Lipinski definition) is 3. The summed E-state index contributed by atoms with van der Waals surface area (Å²) in [6.45, 7) is 3.88. The fourth-order valence-electron chi connectivity index (χ4n) is 2.23. The molecular formula is C17H16BN3. The van der Waals surface area contributed by atoms with Gasteiger partial charge in [-0.05, 0) is 24.3 Å². The number of rotatable bonds is 4. The highest BCUT2D eigenvalue weighted by atomic mass is 15.2. The Bertz CT molecular complexity index is 701. The maximum absolute atomic E-state index is 9.34. The summed E-state index contributed by atoms with van der Waals surface area (Å²) in [5.74, 6) is 0. The van der Waals surface area contributed by atoms with Crippen molar-refractivity contribution in [2.24, 2.45) is 0 Å². The summed E-state index contributed by atoms with van der Waals surface area (Å²) in [4.78, 5) is 3.92. The van der Waals surface area contributed by atoms with Gasteiger partial charge >= 0.3 is 0 Å². The lowest BCUT2D eigenvalue weighted by Gasteiger charge is -2.27. The molecule has 0 unspecified atom stereocenters. The van der Waals surface area contributed by atoms with Gasteiger partial charge in [0.2, 0.25) is 0 Å². The van der Waals surface area contributed by atoms with Gasteiger partial charge in [-0.3, -0.25) is 0 Å². The highest BCUT2D eigenvalue weighted by molar-refractivity contribution is 6.32. The van der Waals surface area contributed by atoms with Crippen molar-refractivity contribution in [2.75, 3.05) is 23.9 Å². The van der Waals surface area contributed by atoms with Crippen LogP contribution >= 0.6 is 0 Å². The van der Waals surface area contributed by atoms with Crippen LogP contribution in [0.4, 0.5) is 17.1 Å². The van der Waals surface area contributed by atoms with Gasteiger partial charge in [-0.2, -0.15) is 5.26 Å². The SMILES string of the molecule is [B]c1ccc(N(C=C)c2ccccc2N(C)C)c(C#N)c1. The topological polar surface area (TPSA) is 30.3 Å². The number of anilines is 3. The fourth-order valence-corrected chi connectivity index (χ4v) is 2.23. The van der Waals surface area contributed by atoms with E-state index in [1.807, 2.05) is 54.2 Å². The lowest BCUT2D eigenvalue weighted by atomic mass is 9.93. The molecule has 2 radical (unpaired) electrons. The summed E-state index contributed by atoms with van der Waals surface area (Å²) in [6.07, 6.45) is 1.70. The predicted octanol–water partition coefficient (Wildman–Crippen LogP) is 2.70. The average molecular weight is 273 g/mol. The molecule has 0 aliphatic heterocycles. The minimum atomic E-state index is 0.517. The van der Waals surface area contributed by atoms with Crippen molar-refractivity contribution in [3.8, 4) is 6.07 Å². The molecule has 2 aromatic carbocycles. The minimum absolute atomic E-state index is 0.517. The van der Waals surface area contributed by atoms with Crippen LogP contribution in [0.2, 0.25) is 0 Å². The summed E-state index contributed by atoms with van der Waals surface area (Å²) in [7, 11) is 9.72. The molecule has 4 heteroatoms. The van der Waals surface area contributed by atoms with Crippen LogP contribution in [0.25, 0.3) is 0 Å². The van der Waals surface area contributed by atoms with E-state index >= 15 is 0 Å². The van der Waals surface area contributed by atoms with Gasteiger partial charge < -0.3 is 9.80 Å². The molecule has 0 heterocycles. The van der Waals surface area contributed by atoms with Crippen molar-refractivity contribution in [2.45, 2.75) is 0 Å². The van der Waals surface area contributed by atoms with Crippen molar-refractivity contribution in [3.05, 3.63) is 60.8 Å². The van der Waals surface area contributed by atoms with Gasteiger partial charge in [-0.15, -0.1) is 0 Å². The Morgan fingerprint density at radius 3 is 2.33 bits per heavy atom. The van der Waals surface area contributed by atoms with E-state index in [9.17, 15) is 5.26 Å². The summed E-state index contributed by atoms with van der Waals surface area (Å²) in [5, 5.41) is 9.34. The van der Waals surface area contributed by atoms with E-state index < -0.39 is 0 Å². The van der Waals surface area contributed by atoms with Crippen LogP contribution in [0.15, 0.2) is 55.2 Å². The summed E-state index contributed by atoms with van der Waals surface area (Å²) in [6, 6.07) is 15.4. The Kier molecular flexibility index (Phi) is 4.34. The fraction of sp³-hybridized carbons (Fsp3) is 0.118. The van der Waals surface area contributed by atoms with Crippen LogP contribution in [0.1, 0.15) is 5.56 Å². The zero-order valence-corrected chi connectivity index (χ0v) is 12.2. The predicted molar refractivity (Wildman–Crippen MR) is 89.7 cm³/mol. The molecule has 0 amide bonds. The molecular weight excluding hydrogens is 257 g/mol. The molecule has 0 spiro atoms. The van der Waals surface area contributed by atoms with Crippen LogP contribution in [-0.2, 0) is 0 Å². The molecule has 0 saturated carbocycles. The number of para-hydroxylation sites is 2. The summed E-state index contributed by atoms with van der Waals surface area (Å²) >= 11 is 0. The number of benzene rings is 2. The monoisotopic (exact) mass is 273 g/mol. The zero-order chi connectivity index (χ0) is 15.4. The van der Waals surface area contributed by atoms with Crippen LogP contribution in [0.3, 0.4) is 0 Å². The lowest BCUT2D eigenvalue weighted by Crippen LogP contribution is -2.17.